The summed E-state index contributed by atoms with van der Waals surface area (Å²) >= 11 is 6.11. The number of fused-ring (bicyclic) bond motifs is 1. The Morgan fingerprint density at radius 1 is 1.44 bits per heavy atom. The summed E-state index contributed by atoms with van der Waals surface area (Å²) in [6.07, 6.45) is 6.76. The van der Waals surface area contributed by atoms with E-state index in [4.69, 9.17) is 16.9 Å². The summed E-state index contributed by atoms with van der Waals surface area (Å²) < 4.78 is 1.92. The molecule has 1 aliphatic carbocycles. The maximum absolute atomic E-state index is 8.85. The van der Waals surface area contributed by atoms with Gasteiger partial charge in [-0.15, -0.1) is 0 Å². The van der Waals surface area contributed by atoms with E-state index in [2.05, 4.69) is 10.1 Å². The van der Waals surface area contributed by atoms with Gasteiger partial charge >= 0.3 is 0 Å². The highest BCUT2D eigenvalue weighted by Crippen LogP contribution is 2.34. The Morgan fingerprint density at radius 2 is 2.25 bits per heavy atom. The molecule has 3 rings (SSSR count). The summed E-state index contributed by atoms with van der Waals surface area (Å²) in [5.74, 6) is 0. The predicted octanol–water partition coefficient (Wildman–Crippen LogP) is 2.68. The predicted molar refractivity (Wildman–Crippen MR) is 60.1 cm³/mol. The molecule has 0 saturated heterocycles. The molecule has 80 valence electrons. The summed E-state index contributed by atoms with van der Waals surface area (Å²) in [5, 5.41) is 14.4. The van der Waals surface area contributed by atoms with Crippen LogP contribution in [0.3, 0.4) is 0 Å². The second kappa shape index (κ2) is 3.46. The van der Waals surface area contributed by atoms with Crippen molar-refractivity contribution in [3.05, 3.63) is 23.0 Å². The highest BCUT2D eigenvalue weighted by molar-refractivity contribution is 6.36. The smallest absolute Gasteiger partial charge is 0.159 e. The lowest BCUT2D eigenvalue weighted by atomic mass is 9.93. The minimum Gasteiger partial charge on any atom is -0.244 e. The lowest BCUT2D eigenvalue weighted by Crippen LogP contribution is -2.18. The van der Waals surface area contributed by atoms with E-state index in [0.29, 0.717) is 16.6 Å². The normalized spacial score (nSPS) is 16.0. The molecule has 5 heteroatoms. The fraction of sp³-hybridized carbons (Fsp3) is 0.364. The van der Waals surface area contributed by atoms with E-state index in [-0.39, 0.29) is 0 Å². The van der Waals surface area contributed by atoms with Gasteiger partial charge in [0.1, 0.15) is 6.07 Å². The average molecular weight is 233 g/mol. The highest BCUT2D eigenvalue weighted by atomic mass is 35.5. The summed E-state index contributed by atoms with van der Waals surface area (Å²) in [7, 11) is 0. The average Bonchev–Trinajstić information content (AvgIpc) is 2.61. The molecule has 1 aliphatic rings. The van der Waals surface area contributed by atoms with Gasteiger partial charge < -0.3 is 0 Å². The molecule has 0 aliphatic heterocycles. The standard InChI is InChI=1S/C11H9ClN4/c12-10-7(4-13)5-14-11-9(10)6-15-16(11)8-2-1-3-8/h5-6,8H,1-3H2. The topological polar surface area (TPSA) is 54.5 Å². The molecule has 0 amide bonds. The summed E-state index contributed by atoms with van der Waals surface area (Å²) in [4.78, 5) is 4.27. The van der Waals surface area contributed by atoms with Gasteiger partial charge in [0.05, 0.1) is 28.2 Å². The molecule has 0 bridgehead atoms. The van der Waals surface area contributed by atoms with Gasteiger partial charge in [-0.05, 0) is 19.3 Å². The van der Waals surface area contributed by atoms with Gasteiger partial charge in [0.15, 0.2) is 5.65 Å². The zero-order chi connectivity index (χ0) is 11.1. The maximum atomic E-state index is 8.85. The van der Waals surface area contributed by atoms with Gasteiger partial charge in [-0.25, -0.2) is 9.67 Å². The second-order valence-corrected chi connectivity index (χ2v) is 4.39. The molecule has 1 saturated carbocycles. The summed E-state index contributed by atoms with van der Waals surface area (Å²) in [6.45, 7) is 0. The zero-order valence-corrected chi connectivity index (χ0v) is 9.28. The van der Waals surface area contributed by atoms with Crippen molar-refractivity contribution in [3.63, 3.8) is 0 Å². The Balaban J connectivity index is 2.21. The molecule has 2 aromatic rings. The Kier molecular flexibility index (Phi) is 2.08. The van der Waals surface area contributed by atoms with Crippen LogP contribution in [0.15, 0.2) is 12.4 Å². The first-order chi connectivity index (χ1) is 7.81. The summed E-state index contributed by atoms with van der Waals surface area (Å²) in [6, 6.07) is 2.48. The van der Waals surface area contributed by atoms with Crippen molar-refractivity contribution in [2.75, 3.05) is 0 Å². The number of nitrogens with zero attached hydrogens (tertiary/aromatic N) is 4. The molecule has 0 unspecified atom stereocenters. The number of pyridine rings is 1. The summed E-state index contributed by atoms with van der Waals surface area (Å²) in [5.41, 5.74) is 1.19. The van der Waals surface area contributed by atoms with Crippen molar-refractivity contribution >= 4 is 22.6 Å². The number of aromatic nitrogens is 3. The van der Waals surface area contributed by atoms with Crippen LogP contribution in [-0.4, -0.2) is 14.8 Å². The quantitative estimate of drug-likeness (QED) is 0.760. The van der Waals surface area contributed by atoms with Gasteiger partial charge in [0.2, 0.25) is 0 Å². The fourth-order valence-corrected chi connectivity index (χ4v) is 2.17. The van der Waals surface area contributed by atoms with Gasteiger partial charge in [0.25, 0.3) is 0 Å². The molecule has 1 fully saturated rings. The zero-order valence-electron chi connectivity index (χ0n) is 8.52. The number of nitriles is 1. The molecule has 0 spiro atoms. The highest BCUT2D eigenvalue weighted by Gasteiger charge is 2.23. The minimum absolute atomic E-state index is 0.405. The molecule has 4 nitrogen and oxygen atoms in total. The largest absolute Gasteiger partial charge is 0.244 e. The second-order valence-electron chi connectivity index (χ2n) is 4.01. The van der Waals surface area contributed by atoms with Crippen LogP contribution in [0.2, 0.25) is 5.02 Å². The van der Waals surface area contributed by atoms with Crippen LogP contribution < -0.4 is 0 Å². The van der Waals surface area contributed by atoms with Crippen LogP contribution in [0.1, 0.15) is 30.9 Å². The lowest BCUT2D eigenvalue weighted by Gasteiger charge is -2.25. The first-order valence-electron chi connectivity index (χ1n) is 5.23. The number of halogens is 1. The lowest BCUT2D eigenvalue weighted by molar-refractivity contribution is 0.296. The first-order valence-corrected chi connectivity index (χ1v) is 5.61. The van der Waals surface area contributed by atoms with E-state index in [0.717, 1.165) is 23.9 Å². The third-order valence-corrected chi connectivity index (χ3v) is 3.51. The molecule has 2 aromatic heterocycles. The molecular formula is C11H9ClN4. The number of hydrogen-bond donors (Lipinski definition) is 0. The first kappa shape index (κ1) is 9.61. The van der Waals surface area contributed by atoms with Gasteiger partial charge in [-0.3, -0.25) is 0 Å². The molecule has 0 N–H and O–H groups in total. The van der Waals surface area contributed by atoms with Crippen molar-refractivity contribution in [1.29, 1.82) is 5.26 Å². The van der Waals surface area contributed by atoms with E-state index in [9.17, 15) is 0 Å². The number of rotatable bonds is 1. The third kappa shape index (κ3) is 1.22. The molecular weight excluding hydrogens is 224 g/mol. The minimum atomic E-state index is 0.405. The Bertz CT molecular complexity index is 592. The van der Waals surface area contributed by atoms with Crippen LogP contribution in [0.5, 0.6) is 0 Å². The Hall–Kier alpha value is -1.60. The number of hydrogen-bond acceptors (Lipinski definition) is 3. The molecule has 0 aromatic carbocycles. The van der Waals surface area contributed by atoms with Gasteiger partial charge in [-0.1, -0.05) is 11.6 Å². The van der Waals surface area contributed by atoms with Crippen molar-refractivity contribution in [3.8, 4) is 6.07 Å². The van der Waals surface area contributed by atoms with Crippen molar-refractivity contribution in [2.45, 2.75) is 25.3 Å². The Morgan fingerprint density at radius 3 is 2.88 bits per heavy atom. The van der Waals surface area contributed by atoms with E-state index in [1.807, 2.05) is 10.8 Å². The van der Waals surface area contributed by atoms with Crippen molar-refractivity contribution in [2.24, 2.45) is 0 Å². The Labute approximate surface area is 97.5 Å². The third-order valence-electron chi connectivity index (χ3n) is 3.10. The van der Waals surface area contributed by atoms with E-state index >= 15 is 0 Å². The molecule has 16 heavy (non-hydrogen) atoms. The fourth-order valence-electron chi connectivity index (χ4n) is 1.94. The van der Waals surface area contributed by atoms with Crippen LogP contribution in [0, 0.1) is 11.3 Å². The van der Waals surface area contributed by atoms with Crippen molar-refractivity contribution < 1.29 is 0 Å². The van der Waals surface area contributed by atoms with Gasteiger partial charge in [-0.2, -0.15) is 10.4 Å². The van der Waals surface area contributed by atoms with Crippen LogP contribution >= 0.6 is 11.6 Å². The molecule has 0 atom stereocenters. The van der Waals surface area contributed by atoms with E-state index < -0.39 is 0 Å². The van der Waals surface area contributed by atoms with Gasteiger partial charge in [0, 0.05) is 6.20 Å². The van der Waals surface area contributed by atoms with E-state index in [1.165, 1.54) is 12.6 Å². The monoisotopic (exact) mass is 232 g/mol. The van der Waals surface area contributed by atoms with E-state index in [1.54, 1.807) is 6.20 Å². The van der Waals surface area contributed by atoms with Crippen molar-refractivity contribution in [1.82, 2.24) is 14.8 Å². The maximum Gasteiger partial charge on any atom is 0.159 e. The SMILES string of the molecule is N#Cc1cnc2c(cnn2C2CCC2)c1Cl. The molecule has 0 radical (unpaired) electrons. The van der Waals surface area contributed by atoms with Crippen LogP contribution in [0.25, 0.3) is 11.0 Å². The van der Waals surface area contributed by atoms with Crippen LogP contribution in [-0.2, 0) is 0 Å². The van der Waals surface area contributed by atoms with Crippen LogP contribution in [0.4, 0.5) is 0 Å². The molecule has 2 heterocycles.